The van der Waals surface area contributed by atoms with Gasteiger partial charge in [0.15, 0.2) is 0 Å². The molecule has 1 fully saturated rings. The second-order valence-electron chi connectivity index (χ2n) is 7.33. The van der Waals surface area contributed by atoms with Crippen molar-refractivity contribution < 1.29 is 18.0 Å². The van der Waals surface area contributed by atoms with Crippen LogP contribution in [0.25, 0.3) is 10.8 Å². The number of aromatic amines is 1. The Morgan fingerprint density at radius 2 is 1.94 bits per heavy atom. The van der Waals surface area contributed by atoms with Gasteiger partial charge in [-0.3, -0.25) is 14.6 Å². The van der Waals surface area contributed by atoms with Gasteiger partial charge in [-0.05, 0) is 43.2 Å². The zero-order chi connectivity index (χ0) is 22.9. The standard InChI is InChI=1S/C22H18F3N5O2/c23-22(24,25)19(30-17-3-1-2-15-14(17)7-9-28-20(15)31)16(11-26)21(32)29-13-6-8-27-18(10-13)12-4-5-12/h1-3,6-12,26,30H,4-5H2,(H,28,31)(H,27,29,32)/b19-16+,26-11?. The van der Waals surface area contributed by atoms with Gasteiger partial charge in [0.25, 0.3) is 11.5 Å². The number of rotatable bonds is 6. The van der Waals surface area contributed by atoms with Crippen molar-refractivity contribution >= 4 is 34.3 Å². The third kappa shape index (κ3) is 4.39. The van der Waals surface area contributed by atoms with Crippen molar-refractivity contribution in [1.82, 2.24) is 9.97 Å². The quantitative estimate of drug-likeness (QED) is 0.337. The lowest BCUT2D eigenvalue weighted by Crippen LogP contribution is -2.27. The summed E-state index contributed by atoms with van der Waals surface area (Å²) in [5.41, 5.74) is -1.73. The molecule has 0 radical (unpaired) electrons. The van der Waals surface area contributed by atoms with Gasteiger partial charge in [-0.25, -0.2) is 0 Å². The largest absolute Gasteiger partial charge is 0.432 e. The molecule has 0 saturated heterocycles. The number of anilines is 2. The lowest BCUT2D eigenvalue weighted by molar-refractivity contribution is -0.114. The van der Waals surface area contributed by atoms with Crippen molar-refractivity contribution in [2.45, 2.75) is 24.9 Å². The van der Waals surface area contributed by atoms with E-state index in [0.29, 0.717) is 17.8 Å². The highest BCUT2D eigenvalue weighted by molar-refractivity contribution is 6.18. The SMILES string of the molecule is N=C/C(C(=O)Nc1ccnc(C2CC2)c1)=C(\Nc1cccc2c(=O)[nH]ccc12)C(F)(F)F. The average Bonchev–Trinajstić information content (AvgIpc) is 3.59. The summed E-state index contributed by atoms with van der Waals surface area (Å²) >= 11 is 0. The zero-order valence-corrected chi connectivity index (χ0v) is 16.6. The Kier molecular flexibility index (Phi) is 5.52. The number of H-pyrrole nitrogens is 1. The summed E-state index contributed by atoms with van der Waals surface area (Å²) in [6, 6.07) is 8.80. The van der Waals surface area contributed by atoms with Crippen LogP contribution in [0.5, 0.6) is 0 Å². The second-order valence-corrected chi connectivity index (χ2v) is 7.33. The highest BCUT2D eigenvalue weighted by Crippen LogP contribution is 2.39. The maximum absolute atomic E-state index is 13.9. The number of allylic oxidation sites excluding steroid dienone is 1. The van der Waals surface area contributed by atoms with Crippen molar-refractivity contribution in [3.05, 3.63) is 76.1 Å². The van der Waals surface area contributed by atoms with E-state index in [4.69, 9.17) is 5.41 Å². The molecule has 1 aromatic carbocycles. The minimum absolute atomic E-state index is 0.0204. The number of carbonyl (C=O) groups is 1. The number of nitrogens with zero attached hydrogens (tertiary/aromatic N) is 1. The Bertz CT molecular complexity index is 1290. The van der Waals surface area contributed by atoms with Crippen LogP contribution in [0.15, 0.2) is 64.9 Å². The van der Waals surface area contributed by atoms with Crippen LogP contribution < -0.4 is 16.2 Å². The van der Waals surface area contributed by atoms with Gasteiger partial charge < -0.3 is 21.0 Å². The summed E-state index contributed by atoms with van der Waals surface area (Å²) in [6.07, 6.45) is 0.140. The van der Waals surface area contributed by atoms with E-state index in [1.54, 1.807) is 6.07 Å². The molecule has 1 saturated carbocycles. The molecule has 10 heteroatoms. The predicted molar refractivity (Wildman–Crippen MR) is 115 cm³/mol. The minimum atomic E-state index is -4.97. The van der Waals surface area contributed by atoms with Gasteiger partial charge in [-0.1, -0.05) is 6.07 Å². The molecular formula is C22H18F3N5O2. The van der Waals surface area contributed by atoms with Crippen LogP contribution in [0.2, 0.25) is 0 Å². The van der Waals surface area contributed by atoms with Crippen LogP contribution >= 0.6 is 0 Å². The van der Waals surface area contributed by atoms with E-state index >= 15 is 0 Å². The molecule has 0 aliphatic heterocycles. The molecule has 4 N–H and O–H groups in total. The molecule has 2 heterocycles. The van der Waals surface area contributed by atoms with Crippen LogP contribution in [0, 0.1) is 5.41 Å². The van der Waals surface area contributed by atoms with E-state index < -0.39 is 28.9 Å². The first-order valence-corrected chi connectivity index (χ1v) is 9.74. The maximum atomic E-state index is 13.9. The Morgan fingerprint density at radius 3 is 2.62 bits per heavy atom. The van der Waals surface area contributed by atoms with Gasteiger partial charge in [-0.15, -0.1) is 0 Å². The van der Waals surface area contributed by atoms with Gasteiger partial charge in [0.1, 0.15) is 5.70 Å². The number of carbonyl (C=O) groups excluding carboxylic acids is 1. The summed E-state index contributed by atoms with van der Waals surface area (Å²) in [5.74, 6) is -0.794. The number of pyridine rings is 2. The van der Waals surface area contributed by atoms with E-state index in [0.717, 1.165) is 18.5 Å². The van der Waals surface area contributed by atoms with Gasteiger partial charge in [0, 0.05) is 52.4 Å². The number of amides is 1. The van der Waals surface area contributed by atoms with Crippen LogP contribution in [-0.2, 0) is 4.79 Å². The normalized spacial score (nSPS) is 14.6. The number of halogens is 3. The summed E-state index contributed by atoms with van der Waals surface area (Å²) in [7, 11) is 0. The molecule has 4 rings (SSSR count). The van der Waals surface area contributed by atoms with E-state index in [1.165, 1.54) is 42.7 Å². The topological polar surface area (TPSA) is 111 Å². The molecule has 1 aliphatic carbocycles. The van der Waals surface area contributed by atoms with Crippen molar-refractivity contribution in [1.29, 1.82) is 5.41 Å². The van der Waals surface area contributed by atoms with Crippen LogP contribution in [-0.4, -0.2) is 28.3 Å². The number of aromatic nitrogens is 2. The number of alkyl halides is 3. The lowest BCUT2D eigenvalue weighted by Gasteiger charge is -2.18. The highest BCUT2D eigenvalue weighted by atomic mass is 19.4. The molecule has 0 unspecified atom stereocenters. The first-order chi connectivity index (χ1) is 15.3. The van der Waals surface area contributed by atoms with E-state index in [9.17, 15) is 22.8 Å². The van der Waals surface area contributed by atoms with Gasteiger partial charge in [0.05, 0.1) is 5.57 Å². The first kappa shape index (κ1) is 21.3. The number of hydrogen-bond donors (Lipinski definition) is 4. The van der Waals surface area contributed by atoms with Crippen molar-refractivity contribution in [3.8, 4) is 0 Å². The smallest absolute Gasteiger partial charge is 0.350 e. The Labute approximate surface area is 179 Å². The zero-order valence-electron chi connectivity index (χ0n) is 16.6. The maximum Gasteiger partial charge on any atom is 0.432 e. The summed E-state index contributed by atoms with van der Waals surface area (Å²) in [4.78, 5) is 31.3. The second kappa shape index (κ2) is 8.29. The highest BCUT2D eigenvalue weighted by Gasteiger charge is 2.38. The molecule has 0 atom stereocenters. The Morgan fingerprint density at radius 1 is 1.16 bits per heavy atom. The molecule has 7 nitrogen and oxygen atoms in total. The first-order valence-electron chi connectivity index (χ1n) is 9.74. The Balaban J connectivity index is 1.72. The van der Waals surface area contributed by atoms with E-state index in [-0.39, 0.29) is 16.5 Å². The van der Waals surface area contributed by atoms with Crippen molar-refractivity contribution in [3.63, 3.8) is 0 Å². The predicted octanol–water partition coefficient (Wildman–Crippen LogP) is 4.32. The number of benzene rings is 1. The fourth-order valence-corrected chi connectivity index (χ4v) is 3.33. The minimum Gasteiger partial charge on any atom is -0.350 e. The summed E-state index contributed by atoms with van der Waals surface area (Å²) < 4.78 is 41.8. The fourth-order valence-electron chi connectivity index (χ4n) is 3.33. The van der Waals surface area contributed by atoms with Crippen LogP contribution in [0.1, 0.15) is 24.5 Å². The molecule has 1 amide bonds. The average molecular weight is 441 g/mol. The summed E-state index contributed by atoms with van der Waals surface area (Å²) in [6.45, 7) is 0. The van der Waals surface area contributed by atoms with Crippen LogP contribution in [0.3, 0.4) is 0 Å². The number of nitrogens with one attached hydrogen (secondary N) is 4. The molecular weight excluding hydrogens is 423 g/mol. The molecule has 2 aromatic heterocycles. The molecule has 1 aliphatic rings. The number of fused-ring (bicyclic) bond motifs is 1. The molecule has 32 heavy (non-hydrogen) atoms. The fraction of sp³-hybridized carbons (Fsp3) is 0.182. The van der Waals surface area contributed by atoms with Crippen LogP contribution in [0.4, 0.5) is 24.5 Å². The van der Waals surface area contributed by atoms with Gasteiger partial charge in [-0.2, -0.15) is 13.2 Å². The third-order valence-electron chi connectivity index (χ3n) is 5.05. The molecule has 0 bridgehead atoms. The summed E-state index contributed by atoms with van der Waals surface area (Å²) in [5, 5.41) is 12.6. The third-order valence-corrected chi connectivity index (χ3v) is 5.05. The van der Waals surface area contributed by atoms with Gasteiger partial charge in [0.2, 0.25) is 0 Å². The van der Waals surface area contributed by atoms with E-state index in [1.807, 2.05) is 0 Å². The molecule has 164 valence electrons. The van der Waals surface area contributed by atoms with E-state index in [2.05, 4.69) is 20.6 Å². The monoisotopic (exact) mass is 441 g/mol. The molecule has 3 aromatic rings. The van der Waals surface area contributed by atoms with Gasteiger partial charge >= 0.3 is 6.18 Å². The lowest BCUT2D eigenvalue weighted by atomic mass is 10.1. The van der Waals surface area contributed by atoms with Crippen molar-refractivity contribution in [2.24, 2.45) is 0 Å². The Hall–Kier alpha value is -3.95. The van der Waals surface area contributed by atoms with Crippen molar-refractivity contribution in [2.75, 3.05) is 10.6 Å². The number of hydrogen-bond acceptors (Lipinski definition) is 5. The molecule has 0 spiro atoms.